The van der Waals surface area contributed by atoms with Crippen molar-refractivity contribution in [2.45, 2.75) is 29.4 Å². The van der Waals surface area contributed by atoms with Gasteiger partial charge < -0.3 is 4.74 Å². The zero-order chi connectivity index (χ0) is 19.0. The van der Waals surface area contributed by atoms with Crippen LogP contribution in [0.15, 0.2) is 83.8 Å². The Morgan fingerprint density at radius 3 is 2.29 bits per heavy atom. The predicted octanol–water partition coefficient (Wildman–Crippen LogP) is 6.46. The summed E-state index contributed by atoms with van der Waals surface area (Å²) in [4.78, 5) is 1.23. The maximum Gasteiger partial charge on any atom is 0.109 e. The van der Waals surface area contributed by atoms with E-state index in [0.29, 0.717) is 0 Å². The summed E-state index contributed by atoms with van der Waals surface area (Å²) in [6, 6.07) is 27.5. The standard InChI is InChI=1S/C24H22ClNOS/c25-19-10-12-20(13-11-19)28-26-16-14-24(15-17-26)22-9-5-4-8-21(22)23(27-24)18-6-2-1-3-7-18/h1-13,23H,14-17H2. The molecule has 2 nitrogen and oxygen atoms in total. The van der Waals surface area contributed by atoms with Gasteiger partial charge in [-0.2, -0.15) is 0 Å². The van der Waals surface area contributed by atoms with Crippen LogP contribution in [0, 0.1) is 0 Å². The molecule has 28 heavy (non-hydrogen) atoms. The zero-order valence-electron chi connectivity index (χ0n) is 15.6. The van der Waals surface area contributed by atoms with Crippen LogP contribution < -0.4 is 0 Å². The Morgan fingerprint density at radius 1 is 0.857 bits per heavy atom. The van der Waals surface area contributed by atoms with E-state index in [1.807, 2.05) is 24.1 Å². The lowest BCUT2D eigenvalue weighted by atomic mass is 9.84. The smallest absolute Gasteiger partial charge is 0.109 e. The van der Waals surface area contributed by atoms with Crippen molar-refractivity contribution in [2.75, 3.05) is 13.1 Å². The summed E-state index contributed by atoms with van der Waals surface area (Å²) in [5.74, 6) is 0. The molecule has 2 heterocycles. The molecule has 1 unspecified atom stereocenters. The minimum Gasteiger partial charge on any atom is -0.358 e. The maximum absolute atomic E-state index is 6.81. The first kappa shape index (κ1) is 18.3. The second-order valence-electron chi connectivity index (χ2n) is 7.46. The first-order valence-corrected chi connectivity index (χ1v) is 10.9. The van der Waals surface area contributed by atoms with Crippen LogP contribution in [-0.2, 0) is 10.3 Å². The van der Waals surface area contributed by atoms with Crippen molar-refractivity contribution in [1.82, 2.24) is 4.31 Å². The Hall–Kier alpha value is -1.78. The molecule has 1 fully saturated rings. The van der Waals surface area contributed by atoms with Crippen molar-refractivity contribution >= 4 is 23.5 Å². The Labute approximate surface area is 175 Å². The maximum atomic E-state index is 6.81. The highest BCUT2D eigenvalue weighted by Gasteiger charge is 2.47. The number of hydrogen-bond donors (Lipinski definition) is 0. The highest BCUT2D eigenvalue weighted by atomic mass is 35.5. The Morgan fingerprint density at radius 2 is 1.54 bits per heavy atom. The lowest BCUT2D eigenvalue weighted by molar-refractivity contribution is -0.0876. The van der Waals surface area contributed by atoms with Gasteiger partial charge >= 0.3 is 0 Å². The van der Waals surface area contributed by atoms with Crippen LogP contribution in [0.2, 0.25) is 5.02 Å². The van der Waals surface area contributed by atoms with Crippen LogP contribution >= 0.6 is 23.5 Å². The summed E-state index contributed by atoms with van der Waals surface area (Å²) in [6.07, 6.45) is 2.05. The molecule has 5 rings (SSSR count). The van der Waals surface area contributed by atoms with Gasteiger partial charge in [-0.3, -0.25) is 0 Å². The molecule has 3 aromatic carbocycles. The average molecular weight is 408 g/mol. The molecule has 2 aliphatic rings. The molecule has 0 saturated carbocycles. The molecule has 2 aliphatic heterocycles. The molecule has 0 aliphatic carbocycles. The molecule has 0 radical (unpaired) electrons. The number of nitrogens with zero attached hydrogens (tertiary/aromatic N) is 1. The van der Waals surface area contributed by atoms with Crippen LogP contribution in [0.25, 0.3) is 0 Å². The molecule has 3 aromatic rings. The molecule has 1 atom stereocenters. The van der Waals surface area contributed by atoms with Gasteiger partial charge in [-0.15, -0.1) is 0 Å². The van der Waals surface area contributed by atoms with E-state index in [2.05, 4.69) is 71.0 Å². The lowest BCUT2D eigenvalue weighted by Gasteiger charge is -2.39. The molecule has 4 heteroatoms. The molecule has 0 N–H and O–H groups in total. The van der Waals surface area contributed by atoms with Crippen LogP contribution in [0.5, 0.6) is 0 Å². The van der Waals surface area contributed by atoms with E-state index in [1.54, 1.807) is 0 Å². The van der Waals surface area contributed by atoms with E-state index in [0.717, 1.165) is 31.0 Å². The average Bonchev–Trinajstić information content (AvgIpc) is 3.07. The number of rotatable bonds is 3. The summed E-state index contributed by atoms with van der Waals surface area (Å²) in [6.45, 7) is 2.01. The number of halogens is 1. The van der Waals surface area contributed by atoms with Gasteiger partial charge in [0.05, 0.1) is 5.60 Å². The van der Waals surface area contributed by atoms with Gasteiger partial charge in [0.25, 0.3) is 0 Å². The van der Waals surface area contributed by atoms with Gasteiger partial charge in [0, 0.05) is 23.0 Å². The highest BCUT2D eigenvalue weighted by molar-refractivity contribution is 7.97. The number of ether oxygens (including phenoxy) is 1. The van der Waals surface area contributed by atoms with E-state index >= 15 is 0 Å². The van der Waals surface area contributed by atoms with Crippen molar-refractivity contribution < 1.29 is 4.74 Å². The Balaban J connectivity index is 1.36. The summed E-state index contributed by atoms with van der Waals surface area (Å²) in [7, 11) is 0. The fourth-order valence-electron chi connectivity index (χ4n) is 4.34. The first-order valence-electron chi connectivity index (χ1n) is 9.74. The number of benzene rings is 3. The van der Waals surface area contributed by atoms with Gasteiger partial charge in [0.15, 0.2) is 0 Å². The molecule has 1 saturated heterocycles. The fourth-order valence-corrected chi connectivity index (χ4v) is 5.39. The summed E-state index contributed by atoms with van der Waals surface area (Å²) in [5, 5.41) is 0.782. The van der Waals surface area contributed by atoms with Gasteiger partial charge in [0.1, 0.15) is 6.10 Å². The quantitative estimate of drug-likeness (QED) is 0.462. The second kappa shape index (κ2) is 7.57. The van der Waals surface area contributed by atoms with Crippen LogP contribution in [0.4, 0.5) is 0 Å². The second-order valence-corrected chi connectivity index (χ2v) is 9.07. The number of piperidine rings is 1. The molecule has 1 spiro atoms. The van der Waals surface area contributed by atoms with Crippen molar-refractivity contribution in [3.63, 3.8) is 0 Å². The molecule has 0 amide bonds. The topological polar surface area (TPSA) is 12.5 Å². The fraction of sp³-hybridized carbons (Fsp3) is 0.250. The summed E-state index contributed by atoms with van der Waals surface area (Å²) in [5.41, 5.74) is 3.77. The van der Waals surface area contributed by atoms with E-state index in [4.69, 9.17) is 16.3 Å². The number of hydrogen-bond acceptors (Lipinski definition) is 3. The summed E-state index contributed by atoms with van der Waals surface area (Å²) >= 11 is 7.82. The third-order valence-electron chi connectivity index (χ3n) is 5.76. The molecular formula is C24H22ClNOS. The number of fused-ring (bicyclic) bond motifs is 2. The molecular weight excluding hydrogens is 386 g/mol. The van der Waals surface area contributed by atoms with Crippen LogP contribution in [0.1, 0.15) is 35.6 Å². The van der Waals surface area contributed by atoms with Crippen molar-refractivity contribution in [2.24, 2.45) is 0 Å². The van der Waals surface area contributed by atoms with Gasteiger partial charge in [-0.05, 0) is 65.7 Å². The Kier molecular flexibility index (Phi) is 4.93. The van der Waals surface area contributed by atoms with Crippen LogP contribution in [-0.4, -0.2) is 17.4 Å². The van der Waals surface area contributed by atoms with Crippen molar-refractivity contribution in [3.05, 3.63) is 101 Å². The molecule has 0 bridgehead atoms. The third kappa shape index (κ3) is 3.37. The minimum atomic E-state index is -0.172. The monoisotopic (exact) mass is 407 g/mol. The van der Waals surface area contributed by atoms with E-state index in [1.165, 1.54) is 21.6 Å². The molecule has 0 aromatic heterocycles. The van der Waals surface area contributed by atoms with Gasteiger partial charge in [-0.25, -0.2) is 4.31 Å². The first-order chi connectivity index (χ1) is 13.7. The normalized spacial score (nSPS) is 21.0. The minimum absolute atomic E-state index is 0.0351. The Bertz CT molecular complexity index is 952. The van der Waals surface area contributed by atoms with Crippen LogP contribution in [0.3, 0.4) is 0 Å². The van der Waals surface area contributed by atoms with E-state index in [9.17, 15) is 0 Å². The summed E-state index contributed by atoms with van der Waals surface area (Å²) < 4.78 is 9.25. The van der Waals surface area contributed by atoms with E-state index in [-0.39, 0.29) is 11.7 Å². The SMILES string of the molecule is Clc1ccc(SN2CCC3(CC2)OC(c2ccccc2)c2ccccc23)cc1. The lowest BCUT2D eigenvalue weighted by Crippen LogP contribution is -2.39. The predicted molar refractivity (Wildman–Crippen MR) is 116 cm³/mol. The zero-order valence-corrected chi connectivity index (χ0v) is 17.1. The van der Waals surface area contributed by atoms with E-state index < -0.39 is 0 Å². The molecule has 142 valence electrons. The highest BCUT2D eigenvalue weighted by Crippen LogP contribution is 2.52. The largest absolute Gasteiger partial charge is 0.358 e. The van der Waals surface area contributed by atoms with Gasteiger partial charge in [-0.1, -0.05) is 66.2 Å². The van der Waals surface area contributed by atoms with Crippen molar-refractivity contribution in [3.8, 4) is 0 Å². The van der Waals surface area contributed by atoms with Gasteiger partial charge in [0.2, 0.25) is 0 Å². The third-order valence-corrected chi connectivity index (χ3v) is 7.12. The van der Waals surface area contributed by atoms with Crippen molar-refractivity contribution in [1.29, 1.82) is 0 Å².